The molecule has 0 heterocycles. The molecule has 4 N–H and O–H groups in total. The van der Waals surface area contributed by atoms with E-state index >= 15 is 0 Å². The van der Waals surface area contributed by atoms with E-state index in [0.717, 1.165) is 18.6 Å². The van der Waals surface area contributed by atoms with Crippen molar-refractivity contribution >= 4 is 16.6 Å². The van der Waals surface area contributed by atoms with Gasteiger partial charge < -0.3 is 11.1 Å². The molecule has 5 nitrogen and oxygen atoms in total. The predicted molar refractivity (Wildman–Crippen MR) is 65.9 cm³/mol. The molecule has 0 aliphatic heterocycles. The Balaban J connectivity index is 3.71. The smallest absolute Gasteiger partial charge is 0.237 e. The molecule has 0 radical (unpaired) electrons. The summed E-state index contributed by atoms with van der Waals surface area (Å²) in [5, 5.41) is 10.7. The van der Waals surface area contributed by atoms with Crippen molar-refractivity contribution in [1.82, 2.24) is 5.32 Å². The molecule has 0 aromatic heterocycles. The first-order valence-corrected chi connectivity index (χ1v) is 6.97. The van der Waals surface area contributed by atoms with Crippen LogP contribution in [-0.4, -0.2) is 30.0 Å². The van der Waals surface area contributed by atoms with Gasteiger partial charge in [0.1, 0.15) is 6.54 Å². The molecule has 0 saturated carbocycles. The minimum absolute atomic E-state index is 0.00500. The number of hydrogen-bond acceptors (Lipinski definition) is 4. The molecule has 0 aromatic carbocycles. The number of rotatable bonds is 8. The van der Waals surface area contributed by atoms with Gasteiger partial charge in [0, 0.05) is 11.5 Å². The minimum atomic E-state index is -0.588. The molecule has 0 aliphatic rings. The molecule has 0 fully saturated rings. The van der Waals surface area contributed by atoms with Gasteiger partial charge in [0.2, 0.25) is 5.91 Å². The fraction of sp³-hybridized carbons (Fsp3) is 0.800. The van der Waals surface area contributed by atoms with E-state index in [1.807, 2.05) is 6.07 Å². The zero-order valence-corrected chi connectivity index (χ0v) is 10.5. The van der Waals surface area contributed by atoms with Crippen LogP contribution in [0.5, 0.6) is 0 Å². The number of amides is 1. The summed E-state index contributed by atoms with van der Waals surface area (Å²) in [6.07, 6.45) is 2.67. The highest BCUT2D eigenvalue weighted by Crippen LogP contribution is 1.97. The Morgan fingerprint density at radius 1 is 1.62 bits per heavy atom. The van der Waals surface area contributed by atoms with Crippen molar-refractivity contribution in [3.63, 3.8) is 0 Å². The highest BCUT2D eigenvalue weighted by atomic mass is 32.2. The summed E-state index contributed by atoms with van der Waals surface area (Å²) in [5.74, 6) is 1.26. The second kappa shape index (κ2) is 9.31. The number of nitriles is 1. The number of nitrogens with two attached hydrogens (primary N) is 1. The van der Waals surface area contributed by atoms with E-state index < -0.39 is 6.04 Å². The van der Waals surface area contributed by atoms with Gasteiger partial charge in [-0.1, -0.05) is 13.3 Å². The molecule has 0 spiro atoms. The van der Waals surface area contributed by atoms with Gasteiger partial charge >= 0.3 is 0 Å². The van der Waals surface area contributed by atoms with Crippen LogP contribution in [0.15, 0.2) is 0 Å². The van der Waals surface area contributed by atoms with Crippen LogP contribution in [0, 0.1) is 16.1 Å². The summed E-state index contributed by atoms with van der Waals surface area (Å²) in [7, 11) is -0.388. The van der Waals surface area contributed by atoms with E-state index in [4.69, 9.17) is 15.8 Å². The van der Waals surface area contributed by atoms with Gasteiger partial charge in [-0.05, 0) is 12.8 Å². The van der Waals surface area contributed by atoms with Crippen molar-refractivity contribution in [3.05, 3.63) is 0 Å². The Morgan fingerprint density at radius 3 is 2.88 bits per heavy atom. The molecule has 0 rings (SSSR count). The van der Waals surface area contributed by atoms with Crippen LogP contribution in [0.2, 0.25) is 0 Å². The molecule has 16 heavy (non-hydrogen) atoms. The third-order valence-electron chi connectivity index (χ3n) is 2.10. The lowest BCUT2D eigenvalue weighted by atomic mass is 10.2. The fourth-order valence-corrected chi connectivity index (χ4v) is 2.46. The molecule has 1 unspecified atom stereocenters. The SMILES string of the molecule is CCCCS(=N)CC[C@H](N)C(=O)NCC#N. The molecular formula is C10H20N4OS. The predicted octanol–water partition coefficient (Wildman–Crippen LogP) is 0.524. The standard InChI is InChI=1S/C10H20N4OS/c1-2-3-7-16(13)8-4-9(12)10(15)14-6-5-11/h9,13H,2-4,6-8,12H2,1H3,(H,14,15)/t9-,16?/m0/s1. The Hall–Kier alpha value is -0.930. The van der Waals surface area contributed by atoms with Crippen molar-refractivity contribution in [2.45, 2.75) is 32.2 Å². The topological polar surface area (TPSA) is 103 Å². The molecule has 0 saturated heterocycles. The van der Waals surface area contributed by atoms with Crippen molar-refractivity contribution < 1.29 is 4.79 Å². The summed E-state index contributed by atoms with van der Waals surface area (Å²) >= 11 is 0. The van der Waals surface area contributed by atoms with E-state index in [1.54, 1.807) is 0 Å². The van der Waals surface area contributed by atoms with Crippen LogP contribution < -0.4 is 11.1 Å². The molecule has 6 heteroatoms. The maximum absolute atomic E-state index is 11.3. The second-order valence-electron chi connectivity index (χ2n) is 3.53. The van der Waals surface area contributed by atoms with E-state index in [-0.39, 0.29) is 23.1 Å². The maximum Gasteiger partial charge on any atom is 0.237 e. The van der Waals surface area contributed by atoms with Crippen LogP contribution in [-0.2, 0) is 15.5 Å². The highest BCUT2D eigenvalue weighted by molar-refractivity contribution is 7.85. The van der Waals surface area contributed by atoms with Crippen LogP contribution in [0.1, 0.15) is 26.2 Å². The van der Waals surface area contributed by atoms with Crippen LogP contribution in [0.25, 0.3) is 0 Å². The summed E-state index contributed by atoms with van der Waals surface area (Å²) < 4.78 is 7.74. The molecule has 2 atom stereocenters. The van der Waals surface area contributed by atoms with E-state index in [2.05, 4.69) is 12.2 Å². The average Bonchev–Trinajstić information content (AvgIpc) is 2.30. The number of carbonyl (C=O) groups is 1. The van der Waals surface area contributed by atoms with Gasteiger partial charge in [-0.3, -0.25) is 9.57 Å². The molecular weight excluding hydrogens is 224 g/mol. The second-order valence-corrected chi connectivity index (χ2v) is 5.33. The van der Waals surface area contributed by atoms with Gasteiger partial charge in [-0.15, -0.1) is 10.7 Å². The maximum atomic E-state index is 11.3. The highest BCUT2D eigenvalue weighted by Gasteiger charge is 2.12. The van der Waals surface area contributed by atoms with Gasteiger partial charge in [0.05, 0.1) is 12.1 Å². The monoisotopic (exact) mass is 244 g/mol. The third kappa shape index (κ3) is 7.37. The average molecular weight is 244 g/mol. The first-order chi connectivity index (χ1) is 7.61. The van der Waals surface area contributed by atoms with E-state index in [1.165, 1.54) is 0 Å². The molecule has 0 aromatic rings. The van der Waals surface area contributed by atoms with Crippen LogP contribution in [0.3, 0.4) is 0 Å². The van der Waals surface area contributed by atoms with Crippen molar-refractivity contribution in [2.24, 2.45) is 5.73 Å². The quantitative estimate of drug-likeness (QED) is 0.542. The fourth-order valence-electron chi connectivity index (χ4n) is 1.08. The third-order valence-corrected chi connectivity index (χ3v) is 3.61. The number of hydrogen-bond donors (Lipinski definition) is 3. The summed E-state index contributed by atoms with van der Waals surface area (Å²) in [6, 6.07) is 1.24. The lowest BCUT2D eigenvalue weighted by Gasteiger charge is -2.11. The van der Waals surface area contributed by atoms with Crippen molar-refractivity contribution in [2.75, 3.05) is 18.1 Å². The summed E-state index contributed by atoms with van der Waals surface area (Å²) in [4.78, 5) is 11.3. The van der Waals surface area contributed by atoms with Crippen LogP contribution >= 0.6 is 0 Å². The molecule has 0 aliphatic carbocycles. The minimum Gasteiger partial charge on any atom is -0.342 e. The number of carbonyl (C=O) groups excluding carboxylic acids is 1. The first-order valence-electron chi connectivity index (χ1n) is 5.40. The lowest BCUT2D eigenvalue weighted by Crippen LogP contribution is -2.41. The van der Waals surface area contributed by atoms with Gasteiger partial charge in [0.25, 0.3) is 0 Å². The Morgan fingerprint density at radius 2 is 2.31 bits per heavy atom. The Bertz CT molecular complexity index is 274. The van der Waals surface area contributed by atoms with Crippen LogP contribution in [0.4, 0.5) is 0 Å². The van der Waals surface area contributed by atoms with Gasteiger partial charge in [0.15, 0.2) is 0 Å². The Labute approximate surface area is 99.3 Å². The van der Waals surface area contributed by atoms with Crippen molar-refractivity contribution in [1.29, 1.82) is 10.0 Å². The lowest BCUT2D eigenvalue weighted by molar-refractivity contribution is -0.122. The zero-order valence-electron chi connectivity index (χ0n) is 9.66. The Kier molecular flexibility index (Phi) is 8.77. The molecule has 0 bridgehead atoms. The number of unbranched alkanes of at least 4 members (excludes halogenated alkanes) is 1. The largest absolute Gasteiger partial charge is 0.342 e. The summed E-state index contributed by atoms with van der Waals surface area (Å²) in [5.41, 5.74) is 5.63. The zero-order chi connectivity index (χ0) is 12.4. The summed E-state index contributed by atoms with van der Waals surface area (Å²) in [6.45, 7) is 2.09. The van der Waals surface area contributed by atoms with Gasteiger partial charge in [-0.2, -0.15) is 5.26 Å². The van der Waals surface area contributed by atoms with E-state index in [0.29, 0.717) is 12.2 Å². The molecule has 92 valence electrons. The first kappa shape index (κ1) is 15.1. The normalized spacial score (nSPS) is 13.8. The number of nitrogens with one attached hydrogen (secondary N) is 2. The van der Waals surface area contributed by atoms with Crippen molar-refractivity contribution in [3.8, 4) is 6.07 Å². The number of nitrogens with zero attached hydrogens (tertiary/aromatic N) is 1. The molecule has 1 amide bonds. The van der Waals surface area contributed by atoms with E-state index in [9.17, 15) is 4.79 Å². The van der Waals surface area contributed by atoms with Gasteiger partial charge in [-0.25, -0.2) is 0 Å².